The average molecular weight is 484 g/mol. The molecule has 0 saturated carbocycles. The van der Waals surface area contributed by atoms with Gasteiger partial charge in [0, 0.05) is 12.2 Å². The highest BCUT2D eigenvalue weighted by molar-refractivity contribution is 6.34. The predicted molar refractivity (Wildman–Crippen MR) is 126 cm³/mol. The Kier molecular flexibility index (Phi) is 5.83. The first-order chi connectivity index (χ1) is 16.4. The van der Waals surface area contributed by atoms with Gasteiger partial charge in [-0.15, -0.1) is 0 Å². The number of aliphatic hydroxyl groups is 1. The zero-order valence-electron chi connectivity index (χ0n) is 18.7. The van der Waals surface area contributed by atoms with E-state index in [1.165, 1.54) is 4.90 Å². The van der Waals surface area contributed by atoms with Crippen molar-refractivity contribution in [3.05, 3.63) is 59.1 Å². The van der Waals surface area contributed by atoms with E-state index in [-0.39, 0.29) is 25.0 Å². The van der Waals surface area contributed by atoms with Gasteiger partial charge in [0.1, 0.15) is 11.6 Å². The highest BCUT2D eigenvalue weighted by Crippen LogP contribution is 2.58. The maximum atomic E-state index is 13.6. The van der Waals surface area contributed by atoms with Crippen LogP contribution < -0.4 is 10.6 Å². The first-order valence-electron chi connectivity index (χ1n) is 11.4. The highest BCUT2D eigenvalue weighted by atomic mass is 35.5. The molecule has 3 aliphatic rings. The molecule has 9 heteroatoms. The van der Waals surface area contributed by atoms with E-state index in [0.29, 0.717) is 29.2 Å². The van der Waals surface area contributed by atoms with E-state index in [2.05, 4.69) is 10.6 Å². The van der Waals surface area contributed by atoms with Gasteiger partial charge in [-0.25, -0.2) is 0 Å². The number of likely N-dealkylation sites (tertiary alicyclic amines) is 1. The van der Waals surface area contributed by atoms with Crippen molar-refractivity contribution in [3.8, 4) is 0 Å². The number of nitrogens with zero attached hydrogens (tertiary/aromatic N) is 1. The summed E-state index contributed by atoms with van der Waals surface area (Å²) in [5, 5.41) is 15.8. The van der Waals surface area contributed by atoms with E-state index in [1.807, 2.05) is 31.2 Å². The topological polar surface area (TPSA) is 108 Å². The molecule has 2 bridgehead atoms. The van der Waals surface area contributed by atoms with Crippen molar-refractivity contribution < 1.29 is 24.2 Å². The lowest BCUT2D eigenvalue weighted by molar-refractivity contribution is -0.140. The molecule has 2 aromatic carbocycles. The normalized spacial score (nSPS) is 29.3. The summed E-state index contributed by atoms with van der Waals surface area (Å²) in [5.74, 6) is -2.61. The molecule has 0 aromatic heterocycles. The number of nitrogens with one attached hydrogen (secondary N) is 2. The van der Waals surface area contributed by atoms with Crippen molar-refractivity contribution in [1.82, 2.24) is 4.90 Å². The molecule has 8 nitrogen and oxygen atoms in total. The maximum Gasteiger partial charge on any atom is 0.250 e. The molecule has 3 amide bonds. The van der Waals surface area contributed by atoms with Gasteiger partial charge >= 0.3 is 0 Å². The molecule has 0 aliphatic carbocycles. The average Bonchev–Trinajstić information content (AvgIpc) is 3.45. The molecule has 2 unspecified atom stereocenters. The van der Waals surface area contributed by atoms with Crippen LogP contribution in [0.5, 0.6) is 0 Å². The van der Waals surface area contributed by atoms with Crippen LogP contribution in [0.15, 0.2) is 48.5 Å². The molecule has 178 valence electrons. The van der Waals surface area contributed by atoms with Gasteiger partial charge in [-0.2, -0.15) is 0 Å². The Bertz CT molecular complexity index is 1120. The summed E-state index contributed by atoms with van der Waals surface area (Å²) in [4.78, 5) is 41.8. The SMILES string of the molecule is Cc1cccc(Cl)c1NC(=O)C1N(CCO)C(=O)[C@@H]2[C@H](C(=O)Nc3ccccc3)[C@@H]3CCC12O3. The number of hydrogen-bond donors (Lipinski definition) is 3. The third-order valence-corrected chi connectivity index (χ3v) is 7.52. The van der Waals surface area contributed by atoms with Gasteiger partial charge in [0.25, 0.3) is 0 Å². The summed E-state index contributed by atoms with van der Waals surface area (Å²) in [6.45, 7) is 1.49. The molecular weight excluding hydrogens is 458 g/mol. The number of carbonyl (C=O) groups is 3. The summed E-state index contributed by atoms with van der Waals surface area (Å²) < 4.78 is 6.34. The molecule has 34 heavy (non-hydrogen) atoms. The minimum absolute atomic E-state index is 0.0300. The number of β-amino-alcohol motifs (C(OH)–C–C–N with tert-alkyl or cyclic N) is 1. The van der Waals surface area contributed by atoms with Gasteiger partial charge < -0.3 is 25.4 Å². The second kappa shape index (κ2) is 8.69. The van der Waals surface area contributed by atoms with E-state index in [1.54, 1.807) is 24.3 Å². The number of fused-ring (bicyclic) bond motifs is 1. The molecule has 5 rings (SSSR count). The minimum Gasteiger partial charge on any atom is -0.395 e. The molecule has 5 atom stereocenters. The second-order valence-electron chi connectivity index (χ2n) is 9.09. The van der Waals surface area contributed by atoms with Crippen LogP contribution in [0, 0.1) is 18.8 Å². The number of aliphatic hydroxyl groups excluding tert-OH is 1. The quantitative estimate of drug-likeness (QED) is 0.585. The maximum absolute atomic E-state index is 13.6. The zero-order chi connectivity index (χ0) is 24.0. The molecule has 3 fully saturated rings. The number of hydrogen-bond acceptors (Lipinski definition) is 5. The summed E-state index contributed by atoms with van der Waals surface area (Å²) >= 11 is 6.32. The van der Waals surface area contributed by atoms with E-state index >= 15 is 0 Å². The van der Waals surface area contributed by atoms with E-state index in [4.69, 9.17) is 16.3 Å². The summed E-state index contributed by atoms with van der Waals surface area (Å²) in [5.41, 5.74) is 0.751. The van der Waals surface area contributed by atoms with Crippen LogP contribution in [-0.2, 0) is 19.1 Å². The Morgan fingerprint density at radius 1 is 1.15 bits per heavy atom. The highest BCUT2D eigenvalue weighted by Gasteiger charge is 2.74. The number of halogens is 1. The number of carbonyl (C=O) groups excluding carboxylic acids is 3. The van der Waals surface area contributed by atoms with Gasteiger partial charge in [0.15, 0.2) is 0 Å². The van der Waals surface area contributed by atoms with Gasteiger partial charge in [0.2, 0.25) is 17.7 Å². The standard InChI is InChI=1S/C25H26ClN3O5/c1-14-6-5-9-16(26)20(14)28-23(32)21-25-11-10-17(34-25)18(19(25)24(33)29(21)12-13-30)22(31)27-15-7-3-2-4-8-15/h2-9,17-19,21,30H,10-13H2,1H3,(H,27,31)(H,28,32)/t17-,18+,19-,21?,25?/m0/s1. The van der Waals surface area contributed by atoms with Crippen molar-refractivity contribution in [2.24, 2.45) is 11.8 Å². The third-order valence-electron chi connectivity index (χ3n) is 7.20. The largest absolute Gasteiger partial charge is 0.395 e. The van der Waals surface area contributed by atoms with Crippen molar-refractivity contribution in [2.45, 2.75) is 37.5 Å². The molecule has 2 aromatic rings. The van der Waals surface area contributed by atoms with Crippen LogP contribution in [0.1, 0.15) is 18.4 Å². The van der Waals surface area contributed by atoms with Gasteiger partial charge in [0.05, 0.1) is 35.3 Å². The molecule has 3 saturated heterocycles. The Labute approximate surface area is 202 Å². The number of ether oxygens (including phenoxy) is 1. The Balaban J connectivity index is 1.47. The monoisotopic (exact) mass is 483 g/mol. The number of anilines is 2. The number of benzene rings is 2. The van der Waals surface area contributed by atoms with Crippen LogP contribution in [0.25, 0.3) is 0 Å². The fraction of sp³-hybridized carbons (Fsp3) is 0.400. The summed E-state index contributed by atoms with van der Waals surface area (Å²) in [6, 6.07) is 13.3. The van der Waals surface area contributed by atoms with E-state index < -0.39 is 35.5 Å². The lowest BCUT2D eigenvalue weighted by atomic mass is 9.70. The summed E-state index contributed by atoms with van der Waals surface area (Å²) in [6.07, 6.45) is 0.592. The van der Waals surface area contributed by atoms with Crippen LogP contribution in [0.4, 0.5) is 11.4 Å². The Morgan fingerprint density at radius 2 is 1.91 bits per heavy atom. The van der Waals surface area contributed by atoms with E-state index in [0.717, 1.165) is 5.56 Å². The summed E-state index contributed by atoms with van der Waals surface area (Å²) in [7, 11) is 0. The molecular formula is C25H26ClN3O5. The van der Waals surface area contributed by atoms with Crippen LogP contribution in [0.3, 0.4) is 0 Å². The third kappa shape index (κ3) is 3.48. The molecule has 0 radical (unpaired) electrons. The first kappa shape index (κ1) is 22.8. The van der Waals surface area contributed by atoms with Crippen LogP contribution in [-0.4, -0.2) is 58.6 Å². The fourth-order valence-corrected chi connectivity index (χ4v) is 6.10. The van der Waals surface area contributed by atoms with Crippen LogP contribution >= 0.6 is 11.6 Å². The predicted octanol–water partition coefficient (Wildman–Crippen LogP) is 2.59. The van der Waals surface area contributed by atoms with E-state index in [9.17, 15) is 19.5 Å². The van der Waals surface area contributed by atoms with Crippen molar-refractivity contribution in [3.63, 3.8) is 0 Å². The molecule has 3 N–H and O–H groups in total. The number of rotatable bonds is 6. The Hall–Kier alpha value is -2.94. The molecule has 3 heterocycles. The lowest BCUT2D eigenvalue weighted by Crippen LogP contribution is -2.53. The lowest BCUT2D eigenvalue weighted by Gasteiger charge is -2.33. The number of amides is 3. The first-order valence-corrected chi connectivity index (χ1v) is 11.8. The van der Waals surface area contributed by atoms with Gasteiger partial charge in [-0.1, -0.05) is 41.9 Å². The Morgan fingerprint density at radius 3 is 2.62 bits per heavy atom. The molecule has 1 spiro atoms. The van der Waals surface area contributed by atoms with Gasteiger partial charge in [-0.05, 0) is 43.5 Å². The number of aryl methyl sites for hydroxylation is 1. The van der Waals surface area contributed by atoms with Crippen molar-refractivity contribution >= 4 is 40.7 Å². The minimum atomic E-state index is -1.13. The zero-order valence-corrected chi connectivity index (χ0v) is 19.4. The number of para-hydroxylation sites is 2. The molecule has 3 aliphatic heterocycles. The fourth-order valence-electron chi connectivity index (χ4n) is 5.83. The van der Waals surface area contributed by atoms with Crippen molar-refractivity contribution in [2.75, 3.05) is 23.8 Å². The smallest absolute Gasteiger partial charge is 0.250 e. The second-order valence-corrected chi connectivity index (χ2v) is 9.49. The van der Waals surface area contributed by atoms with Crippen molar-refractivity contribution in [1.29, 1.82) is 0 Å². The van der Waals surface area contributed by atoms with Crippen LogP contribution in [0.2, 0.25) is 5.02 Å². The van der Waals surface area contributed by atoms with Gasteiger partial charge in [-0.3, -0.25) is 14.4 Å².